The Balaban J connectivity index is 2.39. The highest BCUT2D eigenvalue weighted by molar-refractivity contribution is 7.92. The first-order valence-electron chi connectivity index (χ1n) is 6.82. The summed E-state index contributed by atoms with van der Waals surface area (Å²) in [7, 11) is -4.01. The van der Waals surface area contributed by atoms with Crippen LogP contribution in [0.1, 0.15) is 10.4 Å². The Morgan fingerprint density at radius 1 is 1.12 bits per heavy atom. The van der Waals surface area contributed by atoms with E-state index in [1.54, 1.807) is 12.1 Å². The standard InChI is InChI=1S/C16H14Cl2N2O3S/c1-2-10-19-16(21)11-6-3-4-8-13(11)20-24(22,23)14-9-5-7-12(17)15(14)18/h2-9,20H,1,10H2,(H,19,21). The second-order valence-corrected chi connectivity index (χ2v) is 7.14. The first-order valence-corrected chi connectivity index (χ1v) is 9.05. The molecule has 1 amide bonds. The number of hydrogen-bond acceptors (Lipinski definition) is 3. The van der Waals surface area contributed by atoms with Crippen LogP contribution in [0.15, 0.2) is 60.0 Å². The smallest absolute Gasteiger partial charge is 0.263 e. The van der Waals surface area contributed by atoms with E-state index in [-0.39, 0.29) is 32.7 Å². The number of sulfonamides is 1. The largest absolute Gasteiger partial charge is 0.349 e. The van der Waals surface area contributed by atoms with Gasteiger partial charge in [-0.15, -0.1) is 6.58 Å². The molecule has 0 spiro atoms. The molecule has 2 aromatic rings. The lowest BCUT2D eigenvalue weighted by molar-refractivity contribution is 0.0959. The summed E-state index contributed by atoms with van der Waals surface area (Å²) in [6.07, 6.45) is 1.52. The van der Waals surface area contributed by atoms with Gasteiger partial charge in [0, 0.05) is 6.54 Å². The Bertz CT molecular complexity index is 883. The summed E-state index contributed by atoms with van der Waals surface area (Å²) in [6, 6.07) is 10.5. The van der Waals surface area contributed by atoms with E-state index < -0.39 is 15.9 Å². The van der Waals surface area contributed by atoms with Gasteiger partial charge in [-0.2, -0.15) is 0 Å². The maximum Gasteiger partial charge on any atom is 0.263 e. The van der Waals surface area contributed by atoms with Gasteiger partial charge in [0.05, 0.1) is 21.3 Å². The summed E-state index contributed by atoms with van der Waals surface area (Å²) in [5.74, 6) is -0.426. The fraction of sp³-hybridized carbons (Fsp3) is 0.0625. The lowest BCUT2D eigenvalue weighted by Gasteiger charge is -2.13. The molecule has 8 heteroatoms. The van der Waals surface area contributed by atoms with Crippen molar-refractivity contribution in [1.29, 1.82) is 0 Å². The van der Waals surface area contributed by atoms with Crippen LogP contribution in [0.5, 0.6) is 0 Å². The third-order valence-electron chi connectivity index (χ3n) is 3.03. The van der Waals surface area contributed by atoms with Crippen LogP contribution in [-0.2, 0) is 10.0 Å². The van der Waals surface area contributed by atoms with Crippen LogP contribution in [0.2, 0.25) is 10.0 Å². The highest BCUT2D eigenvalue weighted by Crippen LogP contribution is 2.30. The minimum atomic E-state index is -4.01. The summed E-state index contributed by atoms with van der Waals surface area (Å²) in [6.45, 7) is 3.78. The predicted octanol–water partition coefficient (Wildman–Crippen LogP) is 3.71. The number of amides is 1. The van der Waals surface area contributed by atoms with Crippen LogP contribution in [0.25, 0.3) is 0 Å². The van der Waals surface area contributed by atoms with E-state index in [2.05, 4.69) is 16.6 Å². The molecule has 0 aromatic heterocycles. The van der Waals surface area contributed by atoms with Crippen LogP contribution in [0.3, 0.4) is 0 Å². The lowest BCUT2D eigenvalue weighted by Crippen LogP contribution is -2.25. The molecule has 24 heavy (non-hydrogen) atoms. The van der Waals surface area contributed by atoms with Gasteiger partial charge in [-0.1, -0.05) is 47.5 Å². The first kappa shape index (κ1) is 18.3. The highest BCUT2D eigenvalue weighted by atomic mass is 35.5. The first-order chi connectivity index (χ1) is 11.4. The van der Waals surface area contributed by atoms with Gasteiger partial charge in [0.25, 0.3) is 15.9 Å². The van der Waals surface area contributed by atoms with Gasteiger partial charge in [-0.3, -0.25) is 9.52 Å². The monoisotopic (exact) mass is 384 g/mol. The topological polar surface area (TPSA) is 75.3 Å². The van der Waals surface area contributed by atoms with E-state index >= 15 is 0 Å². The zero-order valence-corrected chi connectivity index (χ0v) is 14.8. The van der Waals surface area contributed by atoms with Gasteiger partial charge >= 0.3 is 0 Å². The van der Waals surface area contributed by atoms with Crippen molar-refractivity contribution >= 4 is 44.8 Å². The molecule has 2 aromatic carbocycles. The van der Waals surface area contributed by atoms with Crippen molar-refractivity contribution in [2.75, 3.05) is 11.3 Å². The predicted molar refractivity (Wildman–Crippen MR) is 96.2 cm³/mol. The number of nitrogens with one attached hydrogen (secondary N) is 2. The third-order valence-corrected chi connectivity index (χ3v) is 5.37. The minimum Gasteiger partial charge on any atom is -0.349 e. The lowest BCUT2D eigenvalue weighted by atomic mass is 10.1. The van der Waals surface area contributed by atoms with Crippen LogP contribution >= 0.6 is 23.2 Å². The number of carbonyl (C=O) groups is 1. The van der Waals surface area contributed by atoms with Gasteiger partial charge in [0.2, 0.25) is 0 Å². The maximum absolute atomic E-state index is 12.6. The normalized spacial score (nSPS) is 10.9. The van der Waals surface area contributed by atoms with E-state index in [4.69, 9.17) is 23.2 Å². The molecule has 0 atom stereocenters. The molecule has 0 saturated heterocycles. The van der Waals surface area contributed by atoms with Crippen LogP contribution in [0, 0.1) is 0 Å². The van der Waals surface area contributed by atoms with Crippen molar-refractivity contribution in [1.82, 2.24) is 5.32 Å². The summed E-state index contributed by atoms with van der Waals surface area (Å²) in [4.78, 5) is 12.0. The number of rotatable bonds is 6. The fourth-order valence-electron chi connectivity index (χ4n) is 1.92. The molecular weight excluding hydrogens is 371 g/mol. The van der Waals surface area contributed by atoms with Crippen LogP contribution < -0.4 is 10.0 Å². The van der Waals surface area contributed by atoms with E-state index in [0.717, 1.165) is 0 Å². The van der Waals surface area contributed by atoms with Crippen molar-refractivity contribution in [2.24, 2.45) is 0 Å². The van der Waals surface area contributed by atoms with Gasteiger partial charge in [0.1, 0.15) is 4.90 Å². The molecule has 0 fully saturated rings. The zero-order valence-electron chi connectivity index (χ0n) is 12.4. The molecule has 2 rings (SSSR count). The van der Waals surface area contributed by atoms with Gasteiger partial charge in [-0.25, -0.2) is 8.42 Å². The molecule has 0 bridgehead atoms. The summed E-state index contributed by atoms with van der Waals surface area (Å²) < 4.78 is 27.5. The Labute approximate surface area is 150 Å². The minimum absolute atomic E-state index is 0.0831. The number of anilines is 1. The summed E-state index contributed by atoms with van der Waals surface area (Å²) in [5, 5.41) is 2.63. The number of para-hydroxylation sites is 1. The van der Waals surface area contributed by atoms with Gasteiger partial charge < -0.3 is 5.32 Å². The Hall–Kier alpha value is -2.02. The van der Waals surface area contributed by atoms with Crippen molar-refractivity contribution in [3.63, 3.8) is 0 Å². The van der Waals surface area contributed by atoms with Crippen LogP contribution in [-0.4, -0.2) is 20.9 Å². The van der Waals surface area contributed by atoms with E-state index in [1.807, 2.05) is 0 Å². The number of carbonyl (C=O) groups excluding carboxylic acids is 1. The zero-order chi connectivity index (χ0) is 17.7. The van der Waals surface area contributed by atoms with E-state index in [1.165, 1.54) is 36.4 Å². The Kier molecular flexibility index (Phi) is 5.88. The molecule has 2 N–H and O–H groups in total. The van der Waals surface area contributed by atoms with E-state index in [9.17, 15) is 13.2 Å². The maximum atomic E-state index is 12.6. The molecule has 0 saturated carbocycles. The average molecular weight is 385 g/mol. The fourth-order valence-corrected chi connectivity index (χ4v) is 3.76. The Morgan fingerprint density at radius 3 is 2.54 bits per heavy atom. The third kappa shape index (κ3) is 4.08. The summed E-state index contributed by atoms with van der Waals surface area (Å²) in [5.41, 5.74) is 0.316. The van der Waals surface area contributed by atoms with Crippen LogP contribution in [0.4, 0.5) is 5.69 Å². The van der Waals surface area contributed by atoms with Gasteiger partial charge in [0.15, 0.2) is 0 Å². The molecule has 0 radical (unpaired) electrons. The molecular formula is C16H14Cl2N2O3S. The average Bonchev–Trinajstić information content (AvgIpc) is 2.55. The molecule has 0 aliphatic carbocycles. The van der Waals surface area contributed by atoms with Gasteiger partial charge in [-0.05, 0) is 24.3 Å². The van der Waals surface area contributed by atoms with Crippen molar-refractivity contribution < 1.29 is 13.2 Å². The molecule has 126 valence electrons. The second kappa shape index (κ2) is 7.70. The molecule has 0 aliphatic rings. The SMILES string of the molecule is C=CCNC(=O)c1ccccc1NS(=O)(=O)c1cccc(Cl)c1Cl. The molecule has 0 aliphatic heterocycles. The number of hydrogen-bond donors (Lipinski definition) is 2. The summed E-state index contributed by atoms with van der Waals surface area (Å²) >= 11 is 11.8. The van der Waals surface area contributed by atoms with Crippen molar-refractivity contribution in [3.8, 4) is 0 Å². The highest BCUT2D eigenvalue weighted by Gasteiger charge is 2.22. The molecule has 0 heterocycles. The van der Waals surface area contributed by atoms with Crippen molar-refractivity contribution in [3.05, 3.63) is 70.7 Å². The van der Waals surface area contributed by atoms with Crippen molar-refractivity contribution in [2.45, 2.75) is 4.90 Å². The Morgan fingerprint density at radius 2 is 1.83 bits per heavy atom. The number of halogens is 2. The molecule has 5 nitrogen and oxygen atoms in total. The van der Waals surface area contributed by atoms with E-state index in [0.29, 0.717) is 0 Å². The quantitative estimate of drug-likeness (QED) is 0.745. The number of benzene rings is 2. The molecule has 0 unspecified atom stereocenters. The second-order valence-electron chi connectivity index (χ2n) is 4.70.